The van der Waals surface area contributed by atoms with E-state index >= 15 is 0 Å². The van der Waals surface area contributed by atoms with Gasteiger partial charge in [-0.1, -0.05) is 6.92 Å². The van der Waals surface area contributed by atoms with E-state index in [-0.39, 0.29) is 6.42 Å². The molecule has 0 heterocycles. The first kappa shape index (κ1) is 8.64. The molecule has 0 radical (unpaired) electrons. The highest BCUT2D eigenvalue weighted by Gasteiger charge is 2.22. The smallest absolute Gasteiger partial charge is 0.324 e. The first-order valence-corrected chi connectivity index (χ1v) is 4.09. The van der Waals surface area contributed by atoms with Crippen molar-refractivity contribution >= 4 is 7.60 Å². The lowest BCUT2D eigenvalue weighted by atomic mass is 10.4. The first-order chi connectivity index (χ1) is 3.98. The van der Waals surface area contributed by atoms with Gasteiger partial charge in [0.15, 0.2) is 0 Å². The topological polar surface area (TPSA) is 81.3 Å². The molecule has 0 rings (SSSR count). The molecule has 52 valence electrons. The Labute approximate surface area is 53.3 Å². The third kappa shape index (κ3) is 3.26. The summed E-state index contributed by atoms with van der Waals surface area (Å²) in [5.74, 6) is 0. The molecule has 0 saturated carbocycles. The van der Waals surface area contributed by atoms with Gasteiger partial charge in [-0.25, -0.2) is 0 Å². The van der Waals surface area contributed by atoms with Crippen molar-refractivity contribution in [3.8, 4) is 6.07 Å². The van der Waals surface area contributed by atoms with E-state index in [2.05, 4.69) is 0 Å². The van der Waals surface area contributed by atoms with Crippen molar-refractivity contribution in [1.29, 1.82) is 5.26 Å². The summed E-state index contributed by atoms with van der Waals surface area (Å²) < 4.78 is 10.3. The van der Waals surface area contributed by atoms with Gasteiger partial charge in [0, 0.05) is 6.42 Å². The van der Waals surface area contributed by atoms with Gasteiger partial charge in [-0.2, -0.15) is 5.26 Å². The van der Waals surface area contributed by atoms with Crippen LogP contribution in [0.2, 0.25) is 0 Å². The maximum Gasteiger partial charge on any atom is 0.329 e. The van der Waals surface area contributed by atoms with Gasteiger partial charge in [-0.15, -0.1) is 0 Å². The van der Waals surface area contributed by atoms with Crippen LogP contribution in [0.1, 0.15) is 13.3 Å². The number of hydrogen-bond acceptors (Lipinski definition) is 2. The number of nitriles is 1. The Bertz CT molecular complexity index is 167. The summed E-state index contributed by atoms with van der Waals surface area (Å²) >= 11 is 0. The van der Waals surface area contributed by atoms with Crippen LogP contribution in [0.5, 0.6) is 0 Å². The quantitative estimate of drug-likeness (QED) is 0.559. The minimum Gasteiger partial charge on any atom is -0.324 e. The van der Waals surface area contributed by atoms with Crippen LogP contribution in [0, 0.1) is 11.3 Å². The van der Waals surface area contributed by atoms with Crippen LogP contribution in [0.15, 0.2) is 0 Å². The van der Waals surface area contributed by atoms with E-state index in [1.54, 1.807) is 6.07 Å². The van der Waals surface area contributed by atoms with E-state index in [9.17, 15) is 4.57 Å². The predicted molar refractivity (Wildman–Crippen MR) is 31.7 cm³/mol. The molecule has 0 aliphatic carbocycles. The van der Waals surface area contributed by atoms with Crippen molar-refractivity contribution in [2.75, 3.05) is 0 Å². The first-order valence-electron chi connectivity index (χ1n) is 2.40. The third-order valence-corrected chi connectivity index (χ3v) is 2.29. The lowest BCUT2D eigenvalue weighted by molar-refractivity contribution is 0.361. The Kier molecular flexibility index (Phi) is 2.86. The molecule has 0 aromatic rings. The van der Waals surface area contributed by atoms with E-state index < -0.39 is 13.3 Å². The Morgan fingerprint density at radius 3 is 2.33 bits per heavy atom. The largest absolute Gasteiger partial charge is 0.329 e. The molecule has 2 N–H and O–H groups in total. The van der Waals surface area contributed by atoms with E-state index in [1.807, 2.05) is 0 Å². The van der Waals surface area contributed by atoms with Crippen LogP contribution in [0.3, 0.4) is 0 Å². The molecule has 5 heteroatoms. The molecule has 1 unspecified atom stereocenters. The second kappa shape index (κ2) is 2.98. The maximum absolute atomic E-state index is 10.3. The summed E-state index contributed by atoms with van der Waals surface area (Å²) in [5.41, 5.74) is -0.831. The van der Waals surface area contributed by atoms with E-state index in [4.69, 9.17) is 15.0 Å². The number of hydrogen-bond donors (Lipinski definition) is 2. The van der Waals surface area contributed by atoms with Gasteiger partial charge < -0.3 is 9.79 Å². The van der Waals surface area contributed by atoms with Crippen molar-refractivity contribution in [3.63, 3.8) is 0 Å². The standard InChI is InChI=1S/C4H8NO3P/c1-4(2-3-5)9(6,7)8/h4H,2H2,1H3,(H2,6,7,8). The molecular formula is C4H8NO3P. The van der Waals surface area contributed by atoms with Crippen LogP contribution in [-0.2, 0) is 4.57 Å². The Morgan fingerprint density at radius 1 is 1.78 bits per heavy atom. The second-order valence-corrected chi connectivity index (χ2v) is 3.86. The zero-order valence-corrected chi connectivity index (χ0v) is 5.88. The van der Waals surface area contributed by atoms with Crippen LogP contribution >= 0.6 is 7.60 Å². The molecule has 0 aliphatic heterocycles. The highest BCUT2D eigenvalue weighted by Crippen LogP contribution is 2.42. The van der Waals surface area contributed by atoms with Gasteiger partial charge >= 0.3 is 7.60 Å². The molecule has 0 spiro atoms. The van der Waals surface area contributed by atoms with Crippen molar-refractivity contribution in [1.82, 2.24) is 0 Å². The highest BCUT2D eigenvalue weighted by molar-refractivity contribution is 7.52. The molecule has 0 aromatic carbocycles. The van der Waals surface area contributed by atoms with Crippen molar-refractivity contribution in [2.24, 2.45) is 0 Å². The lowest BCUT2D eigenvalue weighted by Gasteiger charge is -2.07. The summed E-state index contributed by atoms with van der Waals surface area (Å²) in [6.07, 6.45) is -0.0930. The predicted octanol–water partition coefficient (Wildman–Crippen LogP) is 0.466. The van der Waals surface area contributed by atoms with Crippen LogP contribution in [-0.4, -0.2) is 15.4 Å². The zero-order chi connectivity index (χ0) is 7.49. The van der Waals surface area contributed by atoms with Crippen molar-refractivity contribution in [3.05, 3.63) is 0 Å². The van der Waals surface area contributed by atoms with Gasteiger partial charge in [-0.05, 0) is 0 Å². The molecule has 0 fully saturated rings. The van der Waals surface area contributed by atoms with Crippen molar-refractivity contribution < 1.29 is 14.4 Å². The number of rotatable bonds is 2. The fourth-order valence-corrected chi connectivity index (χ4v) is 0.571. The molecular weight excluding hydrogens is 141 g/mol. The normalized spacial score (nSPS) is 14.4. The molecule has 0 aliphatic rings. The van der Waals surface area contributed by atoms with Crippen LogP contribution in [0.4, 0.5) is 0 Å². The number of nitrogens with zero attached hydrogens (tertiary/aromatic N) is 1. The average molecular weight is 149 g/mol. The fraction of sp³-hybridized carbons (Fsp3) is 0.750. The lowest BCUT2D eigenvalue weighted by Crippen LogP contribution is -2.00. The highest BCUT2D eigenvalue weighted by atomic mass is 31.2. The summed E-state index contributed by atoms with van der Waals surface area (Å²) in [6, 6.07) is 1.68. The monoisotopic (exact) mass is 149 g/mol. The minimum atomic E-state index is -4.00. The molecule has 0 aromatic heterocycles. The average Bonchev–Trinajstić information content (AvgIpc) is 1.64. The fourth-order valence-electron chi connectivity index (χ4n) is 0.251. The molecule has 0 bridgehead atoms. The van der Waals surface area contributed by atoms with Gasteiger partial charge in [0.25, 0.3) is 0 Å². The zero-order valence-electron chi connectivity index (χ0n) is 4.98. The maximum atomic E-state index is 10.3. The van der Waals surface area contributed by atoms with Gasteiger partial charge in [-0.3, -0.25) is 4.57 Å². The van der Waals surface area contributed by atoms with E-state index in [1.165, 1.54) is 6.92 Å². The summed E-state index contributed by atoms with van der Waals surface area (Å²) in [7, 11) is -4.00. The molecule has 4 nitrogen and oxygen atoms in total. The Hall–Kier alpha value is -0.360. The van der Waals surface area contributed by atoms with Crippen molar-refractivity contribution in [2.45, 2.75) is 19.0 Å². The van der Waals surface area contributed by atoms with Gasteiger partial charge in [0.2, 0.25) is 0 Å². The van der Waals surface area contributed by atoms with Gasteiger partial charge in [0.05, 0.1) is 11.7 Å². The second-order valence-electron chi connectivity index (χ2n) is 1.80. The minimum absolute atomic E-state index is 0.0930. The third-order valence-electron chi connectivity index (χ3n) is 0.961. The summed E-state index contributed by atoms with van der Waals surface area (Å²) in [6.45, 7) is 1.35. The molecule has 1 atom stereocenters. The van der Waals surface area contributed by atoms with E-state index in [0.29, 0.717) is 0 Å². The molecule has 0 saturated heterocycles. The Morgan fingerprint density at radius 2 is 2.22 bits per heavy atom. The molecule has 9 heavy (non-hydrogen) atoms. The Balaban J connectivity index is 3.93. The van der Waals surface area contributed by atoms with Crippen LogP contribution in [0.25, 0.3) is 0 Å². The van der Waals surface area contributed by atoms with E-state index in [0.717, 1.165) is 0 Å². The molecule has 0 amide bonds. The summed E-state index contributed by atoms with van der Waals surface area (Å²) in [4.78, 5) is 16.8. The summed E-state index contributed by atoms with van der Waals surface area (Å²) in [5, 5.41) is 8.01. The SMILES string of the molecule is CC(CC#N)P(=O)(O)O. The van der Waals surface area contributed by atoms with Crippen LogP contribution < -0.4 is 0 Å². The van der Waals surface area contributed by atoms with Gasteiger partial charge in [0.1, 0.15) is 0 Å².